The van der Waals surface area contributed by atoms with E-state index in [4.69, 9.17) is 14.4 Å². The highest BCUT2D eigenvalue weighted by atomic mass is 16.3. The van der Waals surface area contributed by atoms with E-state index in [0.717, 1.165) is 44.6 Å². The van der Waals surface area contributed by atoms with Gasteiger partial charge >= 0.3 is 0 Å². The highest BCUT2D eigenvalue weighted by Gasteiger charge is 2.39. The Kier molecular flexibility index (Phi) is 4.99. The lowest BCUT2D eigenvalue weighted by molar-refractivity contribution is 0.666. The maximum Gasteiger partial charge on any atom is 0.231 e. The summed E-state index contributed by atoms with van der Waals surface area (Å²) in [5, 5.41) is 3.44. The van der Waals surface area contributed by atoms with Gasteiger partial charge in [-0.15, -0.1) is 0 Å². The lowest BCUT2D eigenvalue weighted by atomic mass is 9.90. The van der Waals surface area contributed by atoms with Crippen molar-refractivity contribution in [2.75, 3.05) is 4.90 Å². The van der Waals surface area contributed by atoms with E-state index in [9.17, 15) is 0 Å². The Bertz CT molecular complexity index is 2210. The first-order valence-corrected chi connectivity index (χ1v) is 14.3. The summed E-state index contributed by atoms with van der Waals surface area (Å²) in [6.45, 7) is 0. The van der Waals surface area contributed by atoms with E-state index in [0.29, 0.717) is 11.5 Å². The Hall–Kier alpha value is -5.48. The van der Waals surface area contributed by atoms with Crippen LogP contribution in [0.3, 0.4) is 0 Å². The van der Waals surface area contributed by atoms with Crippen LogP contribution in [-0.2, 0) is 0 Å². The average molecular weight is 540 g/mol. The van der Waals surface area contributed by atoms with Crippen molar-refractivity contribution < 1.29 is 4.42 Å². The van der Waals surface area contributed by atoms with Gasteiger partial charge in [-0.1, -0.05) is 115 Å². The first-order valence-electron chi connectivity index (χ1n) is 14.3. The van der Waals surface area contributed by atoms with Crippen LogP contribution in [0.1, 0.15) is 11.5 Å². The lowest BCUT2D eigenvalue weighted by Gasteiger charge is -2.27. The van der Waals surface area contributed by atoms with Crippen molar-refractivity contribution in [1.29, 1.82) is 0 Å². The Balaban J connectivity index is 1.31. The monoisotopic (exact) mass is 539 g/mol. The van der Waals surface area contributed by atoms with E-state index < -0.39 is 0 Å². The van der Waals surface area contributed by atoms with Crippen LogP contribution in [0.4, 0.5) is 11.6 Å². The quantitative estimate of drug-likeness (QED) is 0.224. The summed E-state index contributed by atoms with van der Waals surface area (Å²) in [6.07, 6.45) is 8.85. The molecule has 0 spiro atoms. The van der Waals surface area contributed by atoms with Crippen LogP contribution >= 0.6 is 0 Å². The maximum absolute atomic E-state index is 6.58. The van der Waals surface area contributed by atoms with Crippen molar-refractivity contribution in [3.63, 3.8) is 0 Å². The van der Waals surface area contributed by atoms with E-state index in [1.165, 1.54) is 16.3 Å². The number of rotatable bonds is 3. The Morgan fingerprint density at radius 1 is 0.619 bits per heavy atom. The second-order valence-corrected chi connectivity index (χ2v) is 11.0. The van der Waals surface area contributed by atoms with Crippen molar-refractivity contribution in [3.05, 3.63) is 145 Å². The molecule has 4 heteroatoms. The number of hydrogen-bond donors (Lipinski definition) is 0. The molecule has 0 radical (unpaired) electrons. The van der Waals surface area contributed by atoms with Gasteiger partial charge in [0.25, 0.3) is 0 Å². The van der Waals surface area contributed by atoms with Gasteiger partial charge in [0.15, 0.2) is 5.58 Å². The highest BCUT2D eigenvalue weighted by molar-refractivity contribution is 6.08. The Morgan fingerprint density at radius 2 is 1.33 bits per heavy atom. The second-order valence-electron chi connectivity index (χ2n) is 11.0. The SMILES string of the molecule is C1=CC2c3cc4ccccc4cc3N(c3nc(-c4ccccc4)c4oc5cc(-c6ccccc6)ccc5c4n3)C2C=C1. The molecule has 0 amide bonds. The van der Waals surface area contributed by atoms with Gasteiger partial charge in [0, 0.05) is 22.6 Å². The van der Waals surface area contributed by atoms with Crippen molar-refractivity contribution in [2.45, 2.75) is 12.0 Å². The summed E-state index contributed by atoms with van der Waals surface area (Å²) in [5.74, 6) is 0.906. The molecule has 1 aliphatic carbocycles. The fourth-order valence-corrected chi connectivity index (χ4v) is 6.59. The Labute approximate surface area is 242 Å². The van der Waals surface area contributed by atoms with E-state index in [1.54, 1.807) is 0 Å². The molecule has 5 aromatic carbocycles. The number of aromatic nitrogens is 2. The van der Waals surface area contributed by atoms with Gasteiger partial charge in [0.05, 0.1) is 6.04 Å². The lowest BCUT2D eigenvalue weighted by Crippen LogP contribution is -2.30. The van der Waals surface area contributed by atoms with Crippen molar-refractivity contribution in [2.24, 2.45) is 0 Å². The molecule has 2 aromatic heterocycles. The van der Waals surface area contributed by atoms with E-state index in [2.05, 4.69) is 120 Å². The highest BCUT2D eigenvalue weighted by Crippen LogP contribution is 2.49. The minimum absolute atomic E-state index is 0.0886. The van der Waals surface area contributed by atoms with Gasteiger partial charge in [-0.25, -0.2) is 9.97 Å². The summed E-state index contributed by atoms with van der Waals surface area (Å²) < 4.78 is 6.58. The molecule has 1 aliphatic heterocycles. The molecular formula is C38H25N3O. The average Bonchev–Trinajstić information content (AvgIpc) is 3.59. The third kappa shape index (κ3) is 3.48. The van der Waals surface area contributed by atoms with Crippen molar-refractivity contribution in [1.82, 2.24) is 9.97 Å². The van der Waals surface area contributed by atoms with Gasteiger partial charge in [0.1, 0.15) is 16.8 Å². The predicted octanol–water partition coefficient (Wildman–Crippen LogP) is 9.59. The number of hydrogen-bond acceptors (Lipinski definition) is 4. The molecular weight excluding hydrogens is 514 g/mol. The summed E-state index contributed by atoms with van der Waals surface area (Å²) in [6, 6.07) is 40.4. The van der Waals surface area contributed by atoms with Crippen LogP contribution in [0.5, 0.6) is 0 Å². The van der Waals surface area contributed by atoms with E-state index in [-0.39, 0.29) is 12.0 Å². The van der Waals surface area contributed by atoms with Crippen LogP contribution in [0.25, 0.3) is 55.2 Å². The van der Waals surface area contributed by atoms with Crippen molar-refractivity contribution >= 4 is 44.5 Å². The van der Waals surface area contributed by atoms with Gasteiger partial charge < -0.3 is 9.32 Å². The smallest absolute Gasteiger partial charge is 0.231 e. The van der Waals surface area contributed by atoms with Crippen LogP contribution in [0, 0.1) is 0 Å². The number of furan rings is 1. The normalized spacial score (nSPS) is 17.3. The van der Waals surface area contributed by atoms with Gasteiger partial charge in [-0.05, 0) is 51.7 Å². The van der Waals surface area contributed by atoms with Crippen LogP contribution < -0.4 is 4.90 Å². The minimum atomic E-state index is 0.0886. The molecule has 0 fully saturated rings. The molecule has 3 heterocycles. The predicted molar refractivity (Wildman–Crippen MR) is 171 cm³/mol. The molecule has 42 heavy (non-hydrogen) atoms. The molecule has 0 saturated carbocycles. The molecule has 2 atom stereocenters. The molecule has 2 unspecified atom stereocenters. The first-order chi connectivity index (χ1) is 20.8. The van der Waals surface area contributed by atoms with Gasteiger partial charge in [-0.2, -0.15) is 0 Å². The number of fused-ring (bicyclic) bond motifs is 7. The molecule has 7 aromatic rings. The van der Waals surface area contributed by atoms with Crippen LogP contribution in [0.2, 0.25) is 0 Å². The largest absolute Gasteiger partial charge is 0.452 e. The third-order valence-corrected chi connectivity index (χ3v) is 8.59. The molecule has 198 valence electrons. The standard InChI is InChI=1S/C38H25N3O/c1-3-11-24(12-4-1)28-19-20-30-34(23-28)42-37-35(25-13-5-2-6-14-25)39-38(40-36(30)37)41-32-18-10-9-17-29(32)31-21-26-15-7-8-16-27(26)22-33(31)41/h1-23,29,32H. The third-order valence-electron chi connectivity index (χ3n) is 8.59. The molecule has 0 bridgehead atoms. The molecule has 0 N–H and O–H groups in total. The van der Waals surface area contributed by atoms with E-state index in [1.807, 2.05) is 24.3 Å². The first kappa shape index (κ1) is 23.2. The zero-order valence-electron chi connectivity index (χ0n) is 22.7. The summed E-state index contributed by atoms with van der Waals surface area (Å²) in [5.41, 5.74) is 8.86. The number of allylic oxidation sites excluding steroid dienone is 2. The second kappa shape index (κ2) is 9.02. The number of benzene rings is 5. The topological polar surface area (TPSA) is 42.2 Å². The fourth-order valence-electron chi connectivity index (χ4n) is 6.59. The molecule has 2 aliphatic rings. The number of anilines is 2. The van der Waals surface area contributed by atoms with Gasteiger partial charge in [0.2, 0.25) is 5.95 Å². The van der Waals surface area contributed by atoms with Gasteiger partial charge in [-0.3, -0.25) is 0 Å². The van der Waals surface area contributed by atoms with Crippen molar-refractivity contribution in [3.8, 4) is 22.4 Å². The molecule has 9 rings (SSSR count). The maximum atomic E-state index is 6.58. The molecule has 4 nitrogen and oxygen atoms in total. The van der Waals surface area contributed by atoms with Crippen LogP contribution in [0.15, 0.2) is 144 Å². The summed E-state index contributed by atoms with van der Waals surface area (Å²) >= 11 is 0. The zero-order valence-corrected chi connectivity index (χ0v) is 22.7. The molecule has 0 saturated heterocycles. The van der Waals surface area contributed by atoms with E-state index >= 15 is 0 Å². The fraction of sp³-hybridized carbons (Fsp3) is 0.0526. The van der Waals surface area contributed by atoms with Crippen LogP contribution in [-0.4, -0.2) is 16.0 Å². The Morgan fingerprint density at radius 3 is 2.14 bits per heavy atom. The minimum Gasteiger partial charge on any atom is -0.452 e. The summed E-state index contributed by atoms with van der Waals surface area (Å²) in [4.78, 5) is 12.8. The summed E-state index contributed by atoms with van der Waals surface area (Å²) in [7, 11) is 0. The number of nitrogens with zero attached hydrogens (tertiary/aromatic N) is 3. The zero-order chi connectivity index (χ0) is 27.6.